The van der Waals surface area contributed by atoms with Gasteiger partial charge in [0.05, 0.1) is 18.1 Å². The van der Waals surface area contributed by atoms with Crippen LogP contribution in [0.4, 0.5) is 5.82 Å². The Balaban J connectivity index is 2.13. The van der Waals surface area contributed by atoms with Crippen molar-refractivity contribution in [2.45, 2.75) is 39.7 Å². The molecule has 8 nitrogen and oxygen atoms in total. The van der Waals surface area contributed by atoms with Gasteiger partial charge in [-0.15, -0.1) is 0 Å². The molecule has 2 aliphatic rings. The molecule has 0 N–H and O–H groups in total. The molecule has 33 heavy (non-hydrogen) atoms. The Labute approximate surface area is 204 Å². The minimum absolute atomic E-state index is 0.116. The fraction of sp³-hybridized carbons (Fsp3) is 0.565. The summed E-state index contributed by atoms with van der Waals surface area (Å²) in [4.78, 5) is 30.6. The number of amides is 1. The second kappa shape index (κ2) is 11.8. The van der Waals surface area contributed by atoms with Crippen molar-refractivity contribution in [2.24, 2.45) is 0 Å². The number of thioether (sulfide) groups is 1. The number of anilines is 1. The maximum atomic E-state index is 13.2. The highest BCUT2D eigenvalue weighted by atomic mass is 32.2. The average Bonchev–Trinajstić information content (AvgIpc) is 3.08. The van der Waals surface area contributed by atoms with E-state index in [1.807, 2.05) is 0 Å². The largest absolute Gasteiger partial charge is 0.385 e. The summed E-state index contributed by atoms with van der Waals surface area (Å²) in [5.74, 6) is 0.594. The summed E-state index contributed by atoms with van der Waals surface area (Å²) in [6.07, 6.45) is 4.22. The second-order valence-electron chi connectivity index (χ2n) is 7.94. The van der Waals surface area contributed by atoms with Gasteiger partial charge < -0.3 is 14.4 Å². The van der Waals surface area contributed by atoms with E-state index < -0.39 is 0 Å². The van der Waals surface area contributed by atoms with Crippen molar-refractivity contribution in [2.75, 3.05) is 51.5 Å². The van der Waals surface area contributed by atoms with Crippen molar-refractivity contribution < 1.29 is 14.3 Å². The molecule has 3 heterocycles. The molecule has 0 unspecified atom stereocenters. The lowest BCUT2D eigenvalue weighted by Gasteiger charge is -2.33. The van der Waals surface area contributed by atoms with Crippen molar-refractivity contribution in [3.63, 3.8) is 0 Å². The third-order valence-electron chi connectivity index (χ3n) is 5.77. The molecule has 178 valence electrons. The molecule has 0 aliphatic carbocycles. The number of pyridine rings is 1. The number of nitriles is 1. The van der Waals surface area contributed by atoms with Gasteiger partial charge in [-0.25, -0.2) is 0 Å². The van der Waals surface area contributed by atoms with Crippen LogP contribution >= 0.6 is 24.0 Å². The van der Waals surface area contributed by atoms with Gasteiger partial charge in [0.15, 0.2) is 0 Å². The summed E-state index contributed by atoms with van der Waals surface area (Å²) in [5, 5.41) is 9.76. The van der Waals surface area contributed by atoms with E-state index in [-0.39, 0.29) is 17.0 Å². The lowest BCUT2D eigenvalue weighted by Crippen LogP contribution is -2.41. The fourth-order valence-corrected chi connectivity index (χ4v) is 5.26. The first-order valence-electron chi connectivity index (χ1n) is 11.2. The first-order valence-corrected chi connectivity index (χ1v) is 12.4. The van der Waals surface area contributed by atoms with Gasteiger partial charge in [-0.1, -0.05) is 37.3 Å². The number of methoxy groups -OCH3 is 1. The maximum Gasteiger partial charge on any atom is 0.270 e. The summed E-state index contributed by atoms with van der Waals surface area (Å²) < 4.78 is 12.8. The molecule has 1 aromatic rings. The molecular formula is C23H30N4O4S2. The monoisotopic (exact) mass is 490 g/mol. The molecule has 1 aromatic heterocycles. The number of hydrogen-bond donors (Lipinski definition) is 0. The number of aromatic nitrogens is 1. The number of morpholine rings is 1. The Morgan fingerprint density at radius 3 is 2.61 bits per heavy atom. The number of rotatable bonds is 9. The van der Waals surface area contributed by atoms with Crippen molar-refractivity contribution >= 4 is 46.1 Å². The van der Waals surface area contributed by atoms with Crippen LogP contribution < -0.4 is 10.5 Å². The average molecular weight is 491 g/mol. The van der Waals surface area contributed by atoms with Crippen LogP contribution in [-0.4, -0.2) is 66.3 Å². The molecule has 2 fully saturated rings. The Morgan fingerprint density at radius 1 is 1.24 bits per heavy atom. The molecule has 3 rings (SSSR count). The van der Waals surface area contributed by atoms with Crippen LogP contribution in [0.3, 0.4) is 0 Å². The predicted octanol–water partition coefficient (Wildman–Crippen LogP) is 2.90. The summed E-state index contributed by atoms with van der Waals surface area (Å²) in [6, 6.07) is 2.09. The molecule has 0 radical (unpaired) electrons. The zero-order chi connectivity index (χ0) is 24.0. The molecule has 0 bridgehead atoms. The van der Waals surface area contributed by atoms with Crippen LogP contribution in [-0.2, 0) is 20.8 Å². The van der Waals surface area contributed by atoms with E-state index >= 15 is 0 Å². The van der Waals surface area contributed by atoms with Crippen LogP contribution in [0, 0.1) is 18.3 Å². The minimum atomic E-state index is -0.283. The number of thiocarbonyl (C=S) groups is 1. The predicted molar refractivity (Wildman–Crippen MR) is 134 cm³/mol. The summed E-state index contributed by atoms with van der Waals surface area (Å²) in [6.45, 7) is 7.77. The summed E-state index contributed by atoms with van der Waals surface area (Å²) in [7, 11) is 1.63. The van der Waals surface area contributed by atoms with Crippen LogP contribution in [0.2, 0.25) is 0 Å². The first-order chi connectivity index (χ1) is 15.9. The molecular weight excluding hydrogens is 460 g/mol. The lowest BCUT2D eigenvalue weighted by atomic mass is 10.0. The van der Waals surface area contributed by atoms with Gasteiger partial charge in [-0.3, -0.25) is 19.1 Å². The maximum absolute atomic E-state index is 13.2. The van der Waals surface area contributed by atoms with Crippen LogP contribution in [0.15, 0.2) is 9.70 Å². The molecule has 0 atom stereocenters. The molecule has 0 aromatic carbocycles. The van der Waals surface area contributed by atoms with Crippen molar-refractivity contribution in [1.82, 2.24) is 9.47 Å². The Bertz CT molecular complexity index is 1040. The van der Waals surface area contributed by atoms with Crippen LogP contribution in [0.5, 0.6) is 0 Å². The number of nitrogens with zero attached hydrogens (tertiary/aromatic N) is 4. The van der Waals surface area contributed by atoms with Gasteiger partial charge in [-0.2, -0.15) is 5.26 Å². The number of unbranched alkanes of at least 4 members (excludes halogenated alkanes) is 1. The third-order valence-corrected chi connectivity index (χ3v) is 7.15. The number of carbonyl (C=O) groups is 1. The smallest absolute Gasteiger partial charge is 0.270 e. The zero-order valence-corrected chi connectivity index (χ0v) is 21.0. The third kappa shape index (κ3) is 5.49. The topological polar surface area (TPSA) is 87.8 Å². The van der Waals surface area contributed by atoms with Gasteiger partial charge in [0.1, 0.15) is 21.8 Å². The Morgan fingerprint density at radius 2 is 1.97 bits per heavy atom. The summed E-state index contributed by atoms with van der Waals surface area (Å²) in [5.41, 5.74) is 1.14. The number of hydrogen-bond acceptors (Lipinski definition) is 8. The number of carbonyl (C=O) groups excluding carboxylic acids is 1. The van der Waals surface area contributed by atoms with E-state index in [0.29, 0.717) is 67.2 Å². The molecule has 1 amide bonds. The van der Waals surface area contributed by atoms with E-state index in [0.717, 1.165) is 24.2 Å². The van der Waals surface area contributed by atoms with Crippen LogP contribution in [0.1, 0.15) is 42.9 Å². The van der Waals surface area contributed by atoms with E-state index in [1.54, 1.807) is 29.6 Å². The lowest BCUT2D eigenvalue weighted by molar-refractivity contribution is -0.122. The SMILES string of the molecule is CCCCn1c(N2CCOCC2)c(C=C2SC(=S)N(CCCOC)C2=O)c(C)c(C#N)c1=O. The highest BCUT2D eigenvalue weighted by Gasteiger charge is 2.33. The van der Waals surface area contributed by atoms with Gasteiger partial charge in [-0.05, 0) is 31.4 Å². The number of ether oxygens (including phenoxy) is 2. The molecule has 10 heteroatoms. The molecule has 0 saturated carbocycles. The van der Waals surface area contributed by atoms with Gasteiger partial charge >= 0.3 is 0 Å². The molecule has 0 spiro atoms. The van der Waals surface area contributed by atoms with Crippen molar-refractivity contribution in [1.29, 1.82) is 5.26 Å². The van der Waals surface area contributed by atoms with Gasteiger partial charge in [0.25, 0.3) is 11.5 Å². The Hall–Kier alpha value is -2.19. The standard InChI is InChI=1S/C23H30N4O4S2/c1-4-5-7-26-20(25-9-12-31-13-10-25)17(16(2)18(15-24)21(26)28)14-19-22(29)27(23(32)33-19)8-6-11-30-3/h14H,4-13H2,1-3H3. The van der Waals surface area contributed by atoms with E-state index in [4.69, 9.17) is 21.7 Å². The second-order valence-corrected chi connectivity index (χ2v) is 9.61. The molecule has 2 saturated heterocycles. The fourth-order valence-electron chi connectivity index (χ4n) is 3.97. The summed E-state index contributed by atoms with van der Waals surface area (Å²) >= 11 is 6.71. The van der Waals surface area contributed by atoms with Crippen molar-refractivity contribution in [3.05, 3.63) is 31.9 Å². The van der Waals surface area contributed by atoms with Crippen LogP contribution in [0.25, 0.3) is 6.08 Å². The molecule has 2 aliphatic heterocycles. The van der Waals surface area contributed by atoms with Gasteiger partial charge in [0, 0.05) is 45.5 Å². The van der Waals surface area contributed by atoms with Crippen molar-refractivity contribution in [3.8, 4) is 6.07 Å². The first kappa shape index (κ1) is 25.4. The van der Waals surface area contributed by atoms with E-state index in [1.165, 1.54) is 11.8 Å². The Kier molecular flexibility index (Phi) is 9.09. The quantitative estimate of drug-likeness (QED) is 0.297. The highest BCUT2D eigenvalue weighted by Crippen LogP contribution is 2.36. The van der Waals surface area contributed by atoms with Gasteiger partial charge in [0.2, 0.25) is 0 Å². The van der Waals surface area contributed by atoms with E-state index in [9.17, 15) is 14.9 Å². The zero-order valence-electron chi connectivity index (χ0n) is 19.4. The minimum Gasteiger partial charge on any atom is -0.385 e. The highest BCUT2D eigenvalue weighted by molar-refractivity contribution is 8.26. The normalized spacial score (nSPS) is 17.8. The van der Waals surface area contributed by atoms with E-state index in [2.05, 4.69) is 17.9 Å².